The second-order valence-corrected chi connectivity index (χ2v) is 4.84. The maximum absolute atomic E-state index is 12.9. The second-order valence-electron chi connectivity index (χ2n) is 4.84. The Morgan fingerprint density at radius 3 is 2.63 bits per heavy atom. The molecule has 0 unspecified atom stereocenters. The zero-order chi connectivity index (χ0) is 13.2. The van der Waals surface area contributed by atoms with E-state index in [9.17, 15) is 9.18 Å². The van der Waals surface area contributed by atoms with Crippen LogP contribution in [0.3, 0.4) is 0 Å². The Morgan fingerprint density at radius 2 is 1.84 bits per heavy atom. The van der Waals surface area contributed by atoms with E-state index in [4.69, 9.17) is 0 Å². The van der Waals surface area contributed by atoms with Crippen molar-refractivity contribution in [3.8, 4) is 0 Å². The van der Waals surface area contributed by atoms with Crippen molar-refractivity contribution in [3.63, 3.8) is 0 Å². The summed E-state index contributed by atoms with van der Waals surface area (Å²) in [6.45, 7) is 3.39. The summed E-state index contributed by atoms with van der Waals surface area (Å²) in [4.78, 5) is 20.8. The molecule has 100 valence electrons. The van der Waals surface area contributed by atoms with Crippen molar-refractivity contribution in [2.45, 2.75) is 12.8 Å². The molecule has 1 aromatic carbocycles. The second kappa shape index (κ2) is 4.99. The van der Waals surface area contributed by atoms with Crippen LogP contribution >= 0.6 is 0 Å². The largest absolute Gasteiger partial charge is 0.342 e. The summed E-state index contributed by atoms with van der Waals surface area (Å²) < 4.78 is 12.9. The van der Waals surface area contributed by atoms with E-state index in [2.05, 4.69) is 9.89 Å². The SMILES string of the molecule is O=C(c1ccc(F)cc1)N1CCCN2CCCN=C21. The number of rotatable bonds is 1. The Balaban J connectivity index is 1.86. The van der Waals surface area contributed by atoms with Crippen LogP contribution in [0.25, 0.3) is 0 Å². The molecule has 0 aliphatic carbocycles. The zero-order valence-electron chi connectivity index (χ0n) is 10.7. The van der Waals surface area contributed by atoms with Crippen LogP contribution in [0.4, 0.5) is 4.39 Å². The number of amides is 1. The summed E-state index contributed by atoms with van der Waals surface area (Å²) in [6.07, 6.45) is 1.99. The molecule has 0 aromatic heterocycles. The fourth-order valence-corrected chi connectivity index (χ4v) is 2.57. The predicted octanol–water partition coefficient (Wildman–Crippen LogP) is 1.73. The van der Waals surface area contributed by atoms with E-state index in [0.29, 0.717) is 12.1 Å². The highest BCUT2D eigenvalue weighted by atomic mass is 19.1. The molecule has 0 radical (unpaired) electrons. The molecule has 2 aliphatic heterocycles. The molecule has 1 amide bonds. The molecule has 1 aromatic rings. The number of guanidine groups is 1. The van der Waals surface area contributed by atoms with Gasteiger partial charge in [-0.25, -0.2) is 4.39 Å². The molecule has 4 nitrogen and oxygen atoms in total. The van der Waals surface area contributed by atoms with Gasteiger partial charge in [0.05, 0.1) is 0 Å². The molecule has 0 N–H and O–H groups in total. The summed E-state index contributed by atoms with van der Waals surface area (Å²) in [6, 6.07) is 5.69. The highest BCUT2D eigenvalue weighted by Crippen LogP contribution is 2.17. The highest BCUT2D eigenvalue weighted by Gasteiger charge is 2.30. The molecule has 1 fully saturated rings. The van der Waals surface area contributed by atoms with Gasteiger partial charge in [0.15, 0.2) is 0 Å². The third-order valence-electron chi connectivity index (χ3n) is 3.51. The summed E-state index contributed by atoms with van der Waals surface area (Å²) in [5.41, 5.74) is 0.511. The van der Waals surface area contributed by atoms with E-state index in [1.54, 1.807) is 4.90 Å². The Kier molecular flexibility index (Phi) is 3.19. The standard InChI is InChI=1S/C14H16FN3O/c15-12-5-3-11(4-6-12)13(19)18-10-2-9-17-8-1-7-16-14(17)18/h3-6H,1-2,7-10H2. The number of benzene rings is 1. The molecule has 0 atom stereocenters. The number of hydrogen-bond acceptors (Lipinski definition) is 3. The number of carbonyl (C=O) groups excluding carboxylic acids is 1. The van der Waals surface area contributed by atoms with Gasteiger partial charge in [-0.1, -0.05) is 0 Å². The summed E-state index contributed by atoms with van der Waals surface area (Å²) >= 11 is 0. The van der Waals surface area contributed by atoms with Crippen LogP contribution in [0, 0.1) is 5.82 Å². The van der Waals surface area contributed by atoms with Crippen molar-refractivity contribution in [1.82, 2.24) is 9.80 Å². The number of nitrogens with zero attached hydrogens (tertiary/aromatic N) is 3. The van der Waals surface area contributed by atoms with Crippen molar-refractivity contribution in [2.24, 2.45) is 4.99 Å². The van der Waals surface area contributed by atoms with Crippen LogP contribution in [-0.2, 0) is 0 Å². The van der Waals surface area contributed by atoms with E-state index < -0.39 is 0 Å². The van der Waals surface area contributed by atoms with E-state index >= 15 is 0 Å². The van der Waals surface area contributed by atoms with Gasteiger partial charge in [-0.15, -0.1) is 0 Å². The molecule has 19 heavy (non-hydrogen) atoms. The first kappa shape index (κ1) is 12.1. The fourth-order valence-electron chi connectivity index (χ4n) is 2.57. The van der Waals surface area contributed by atoms with Crippen LogP contribution < -0.4 is 0 Å². The minimum atomic E-state index is -0.327. The maximum atomic E-state index is 12.9. The van der Waals surface area contributed by atoms with Gasteiger partial charge in [-0.3, -0.25) is 14.7 Å². The average molecular weight is 261 g/mol. The van der Waals surface area contributed by atoms with Crippen LogP contribution in [0.2, 0.25) is 0 Å². The van der Waals surface area contributed by atoms with Gasteiger partial charge >= 0.3 is 0 Å². The minimum Gasteiger partial charge on any atom is -0.342 e. The summed E-state index contributed by atoms with van der Waals surface area (Å²) in [5, 5.41) is 0. The third-order valence-corrected chi connectivity index (χ3v) is 3.51. The van der Waals surface area contributed by atoms with Gasteiger partial charge in [-0.2, -0.15) is 0 Å². The van der Waals surface area contributed by atoms with Gasteiger partial charge in [-0.05, 0) is 37.1 Å². The minimum absolute atomic E-state index is 0.0923. The first-order valence-corrected chi connectivity index (χ1v) is 6.62. The fraction of sp³-hybridized carbons (Fsp3) is 0.429. The van der Waals surface area contributed by atoms with Crippen molar-refractivity contribution in [1.29, 1.82) is 0 Å². The average Bonchev–Trinajstić information content (AvgIpc) is 2.47. The zero-order valence-corrected chi connectivity index (χ0v) is 10.7. The monoisotopic (exact) mass is 261 g/mol. The molecule has 3 rings (SSSR count). The van der Waals surface area contributed by atoms with Gasteiger partial charge in [0.2, 0.25) is 5.96 Å². The van der Waals surface area contributed by atoms with Crippen LogP contribution in [0.15, 0.2) is 29.3 Å². The van der Waals surface area contributed by atoms with Gasteiger partial charge in [0.25, 0.3) is 5.91 Å². The molecule has 0 bridgehead atoms. The first-order valence-electron chi connectivity index (χ1n) is 6.62. The molecular weight excluding hydrogens is 245 g/mol. The molecule has 1 saturated heterocycles. The first-order chi connectivity index (χ1) is 9.25. The Bertz CT molecular complexity index is 512. The summed E-state index contributed by atoms with van der Waals surface area (Å²) in [5.74, 6) is 0.365. The van der Waals surface area contributed by atoms with Gasteiger partial charge in [0, 0.05) is 31.7 Å². The van der Waals surface area contributed by atoms with Crippen LogP contribution in [0.5, 0.6) is 0 Å². The molecule has 2 heterocycles. The van der Waals surface area contributed by atoms with E-state index in [1.165, 1.54) is 24.3 Å². The highest BCUT2D eigenvalue weighted by molar-refractivity contribution is 6.06. The number of aliphatic imine (C=N–C) groups is 1. The van der Waals surface area contributed by atoms with E-state index in [1.807, 2.05) is 0 Å². The lowest BCUT2D eigenvalue weighted by atomic mass is 10.1. The normalized spacial score (nSPS) is 18.9. The number of carbonyl (C=O) groups is 1. The van der Waals surface area contributed by atoms with Crippen LogP contribution in [0.1, 0.15) is 23.2 Å². The number of fused-ring (bicyclic) bond motifs is 1. The van der Waals surface area contributed by atoms with Crippen molar-refractivity contribution < 1.29 is 9.18 Å². The lowest BCUT2D eigenvalue weighted by Gasteiger charge is -2.39. The predicted molar refractivity (Wildman–Crippen MR) is 70.5 cm³/mol. The van der Waals surface area contributed by atoms with E-state index in [-0.39, 0.29) is 11.7 Å². The smallest absolute Gasteiger partial charge is 0.260 e. The number of halogens is 1. The Hall–Kier alpha value is -1.91. The summed E-state index contributed by atoms with van der Waals surface area (Å²) in [7, 11) is 0. The van der Waals surface area contributed by atoms with Gasteiger partial charge in [0.1, 0.15) is 5.82 Å². The molecule has 0 spiro atoms. The molecule has 0 saturated carbocycles. The molecular formula is C14H16FN3O. The Labute approximate surface area is 111 Å². The number of hydrogen-bond donors (Lipinski definition) is 0. The van der Waals surface area contributed by atoms with Crippen LogP contribution in [-0.4, -0.2) is 47.8 Å². The molecule has 5 heteroatoms. The molecule has 2 aliphatic rings. The lowest BCUT2D eigenvalue weighted by Crippen LogP contribution is -2.54. The van der Waals surface area contributed by atoms with Crippen molar-refractivity contribution >= 4 is 11.9 Å². The quantitative estimate of drug-likeness (QED) is 0.772. The van der Waals surface area contributed by atoms with Crippen molar-refractivity contribution in [3.05, 3.63) is 35.6 Å². The van der Waals surface area contributed by atoms with E-state index in [0.717, 1.165) is 38.4 Å². The third kappa shape index (κ3) is 2.32. The topological polar surface area (TPSA) is 35.9 Å². The maximum Gasteiger partial charge on any atom is 0.260 e. The van der Waals surface area contributed by atoms with Crippen molar-refractivity contribution in [2.75, 3.05) is 26.2 Å². The Morgan fingerprint density at radius 1 is 1.11 bits per heavy atom. The van der Waals surface area contributed by atoms with Gasteiger partial charge < -0.3 is 4.90 Å². The lowest BCUT2D eigenvalue weighted by molar-refractivity contribution is 0.0800.